The largest absolute Gasteiger partial charge is 0.383 e. The van der Waals surface area contributed by atoms with E-state index in [4.69, 9.17) is 4.74 Å². The molecule has 0 aliphatic rings. The topological polar surface area (TPSA) is 79.9 Å². The number of aryl methyl sites for hydroxylation is 1. The van der Waals surface area contributed by atoms with Crippen molar-refractivity contribution in [2.24, 2.45) is 0 Å². The van der Waals surface area contributed by atoms with Crippen molar-refractivity contribution in [3.8, 4) is 0 Å². The molecule has 0 bridgehead atoms. The number of anilines is 1. The lowest BCUT2D eigenvalue weighted by Crippen LogP contribution is -2.18. The zero-order valence-corrected chi connectivity index (χ0v) is 7.63. The maximum absolute atomic E-state index is 10.8. The number of ether oxygens (including phenoxy) is 1. The molecule has 72 valence electrons. The summed E-state index contributed by atoms with van der Waals surface area (Å²) < 4.78 is 4.84. The fourth-order valence-corrected chi connectivity index (χ4v) is 0.831. The van der Waals surface area contributed by atoms with Gasteiger partial charge in [-0.2, -0.15) is 10.1 Å². The van der Waals surface area contributed by atoms with E-state index in [9.17, 15) is 4.79 Å². The van der Waals surface area contributed by atoms with Gasteiger partial charge in [-0.05, 0) is 6.92 Å². The van der Waals surface area contributed by atoms with Crippen LogP contribution >= 0.6 is 0 Å². The maximum Gasteiger partial charge on any atom is 0.363 e. The van der Waals surface area contributed by atoms with Crippen molar-refractivity contribution in [2.75, 3.05) is 25.6 Å². The summed E-state index contributed by atoms with van der Waals surface area (Å²) in [6.45, 7) is 2.93. The second kappa shape index (κ2) is 4.56. The molecule has 0 aromatic carbocycles. The van der Waals surface area contributed by atoms with Crippen LogP contribution in [0.15, 0.2) is 4.79 Å². The smallest absolute Gasteiger partial charge is 0.363 e. The number of nitrogens with one attached hydrogen (secondary N) is 2. The van der Waals surface area contributed by atoms with E-state index in [1.807, 2.05) is 0 Å². The second-order valence-corrected chi connectivity index (χ2v) is 2.49. The first-order chi connectivity index (χ1) is 6.24. The Balaban J connectivity index is 2.64. The third-order valence-corrected chi connectivity index (χ3v) is 1.47. The number of rotatable bonds is 4. The van der Waals surface area contributed by atoms with Crippen molar-refractivity contribution in [1.82, 2.24) is 15.2 Å². The number of aromatic nitrogens is 3. The molecule has 0 aliphatic heterocycles. The molecule has 0 saturated carbocycles. The Morgan fingerprint density at radius 2 is 2.38 bits per heavy atom. The van der Waals surface area contributed by atoms with E-state index in [1.165, 1.54) is 0 Å². The van der Waals surface area contributed by atoms with E-state index >= 15 is 0 Å². The second-order valence-electron chi connectivity index (χ2n) is 2.49. The highest BCUT2D eigenvalue weighted by molar-refractivity contribution is 5.37. The Labute approximate surface area is 75.3 Å². The molecule has 0 radical (unpaired) electrons. The molecule has 0 aliphatic carbocycles. The van der Waals surface area contributed by atoms with Gasteiger partial charge >= 0.3 is 5.69 Å². The van der Waals surface area contributed by atoms with Gasteiger partial charge in [0.05, 0.1) is 6.61 Å². The highest BCUT2D eigenvalue weighted by Gasteiger charge is 2.00. The van der Waals surface area contributed by atoms with Crippen LogP contribution in [0, 0.1) is 6.92 Å². The Kier molecular flexibility index (Phi) is 3.39. The summed E-state index contributed by atoms with van der Waals surface area (Å²) in [6, 6.07) is 0. The van der Waals surface area contributed by atoms with Gasteiger partial charge in [-0.15, -0.1) is 0 Å². The molecular weight excluding hydrogens is 172 g/mol. The first-order valence-corrected chi connectivity index (χ1v) is 3.90. The predicted octanol–water partition coefficient (Wildman–Crippen LogP) is -0.468. The molecule has 13 heavy (non-hydrogen) atoms. The van der Waals surface area contributed by atoms with Crippen molar-refractivity contribution >= 4 is 5.82 Å². The van der Waals surface area contributed by atoms with E-state index < -0.39 is 5.69 Å². The molecule has 1 heterocycles. The number of hydrogen-bond acceptors (Lipinski definition) is 5. The number of H-pyrrole nitrogens is 1. The minimum atomic E-state index is -0.453. The molecule has 6 nitrogen and oxygen atoms in total. The normalized spacial score (nSPS) is 10.0. The Bertz CT molecular complexity index is 323. The van der Waals surface area contributed by atoms with Gasteiger partial charge in [0.25, 0.3) is 0 Å². The number of aromatic amines is 1. The minimum absolute atomic E-state index is 0.453. The molecule has 0 saturated heterocycles. The standard InChI is InChI=1S/C7H12N4O2/c1-5-6(8-3-4-13-2)9-7(12)11-10-5/h3-4H2,1-2H3,(H2,8,9,11,12). The highest BCUT2D eigenvalue weighted by atomic mass is 16.5. The minimum Gasteiger partial charge on any atom is -0.383 e. The quantitative estimate of drug-likeness (QED) is 0.618. The molecule has 0 amide bonds. The van der Waals surface area contributed by atoms with Gasteiger partial charge < -0.3 is 10.1 Å². The zero-order chi connectivity index (χ0) is 9.68. The predicted molar refractivity (Wildman–Crippen MR) is 47.8 cm³/mol. The average molecular weight is 184 g/mol. The van der Waals surface area contributed by atoms with Crippen LogP contribution in [0.5, 0.6) is 0 Å². The number of nitrogens with zero attached hydrogens (tertiary/aromatic N) is 2. The van der Waals surface area contributed by atoms with Gasteiger partial charge in [0, 0.05) is 13.7 Å². The van der Waals surface area contributed by atoms with Crippen molar-refractivity contribution in [2.45, 2.75) is 6.92 Å². The van der Waals surface area contributed by atoms with Crippen LogP contribution in [0.2, 0.25) is 0 Å². The van der Waals surface area contributed by atoms with Crippen molar-refractivity contribution < 1.29 is 4.74 Å². The van der Waals surface area contributed by atoms with Crippen LogP contribution < -0.4 is 11.0 Å². The molecule has 1 aromatic rings. The van der Waals surface area contributed by atoms with Gasteiger partial charge in [0.2, 0.25) is 0 Å². The first-order valence-electron chi connectivity index (χ1n) is 3.90. The first kappa shape index (κ1) is 9.66. The summed E-state index contributed by atoms with van der Waals surface area (Å²) in [5.41, 5.74) is 0.209. The lowest BCUT2D eigenvalue weighted by atomic mass is 10.4. The van der Waals surface area contributed by atoms with Crippen molar-refractivity contribution in [1.29, 1.82) is 0 Å². The van der Waals surface area contributed by atoms with Crippen LogP contribution in [0.3, 0.4) is 0 Å². The van der Waals surface area contributed by atoms with Crippen LogP contribution in [-0.4, -0.2) is 35.4 Å². The molecule has 6 heteroatoms. The van der Waals surface area contributed by atoms with Gasteiger partial charge in [0.15, 0.2) is 5.82 Å². The van der Waals surface area contributed by atoms with Gasteiger partial charge in [0.1, 0.15) is 5.69 Å². The average Bonchev–Trinajstić information content (AvgIpc) is 2.11. The summed E-state index contributed by atoms with van der Waals surface area (Å²) >= 11 is 0. The summed E-state index contributed by atoms with van der Waals surface area (Å²) in [6.07, 6.45) is 0. The highest BCUT2D eigenvalue weighted by Crippen LogP contribution is 2.01. The zero-order valence-electron chi connectivity index (χ0n) is 7.63. The summed E-state index contributed by atoms with van der Waals surface area (Å²) in [5, 5.41) is 8.93. The van der Waals surface area contributed by atoms with Crippen molar-refractivity contribution in [3.05, 3.63) is 16.2 Å². The fourth-order valence-electron chi connectivity index (χ4n) is 0.831. The maximum atomic E-state index is 10.8. The number of methoxy groups -OCH3 is 1. The lowest BCUT2D eigenvalue weighted by molar-refractivity contribution is 0.210. The molecule has 0 fully saturated rings. The van der Waals surface area contributed by atoms with E-state index in [-0.39, 0.29) is 0 Å². The Hall–Kier alpha value is -1.43. The van der Waals surface area contributed by atoms with Gasteiger partial charge in [-0.25, -0.2) is 9.89 Å². The lowest BCUT2D eigenvalue weighted by Gasteiger charge is -2.04. The Morgan fingerprint density at radius 1 is 1.62 bits per heavy atom. The Morgan fingerprint density at radius 3 is 3.08 bits per heavy atom. The third kappa shape index (κ3) is 2.83. The van der Waals surface area contributed by atoms with E-state index in [1.54, 1.807) is 14.0 Å². The van der Waals surface area contributed by atoms with Gasteiger partial charge in [-0.1, -0.05) is 0 Å². The molecule has 0 atom stereocenters. The number of hydrogen-bond donors (Lipinski definition) is 2. The van der Waals surface area contributed by atoms with Crippen LogP contribution in [-0.2, 0) is 4.74 Å². The van der Waals surface area contributed by atoms with E-state index in [2.05, 4.69) is 20.5 Å². The molecule has 2 N–H and O–H groups in total. The molecule has 1 aromatic heterocycles. The van der Waals surface area contributed by atoms with E-state index in [0.29, 0.717) is 24.7 Å². The molecule has 0 unspecified atom stereocenters. The van der Waals surface area contributed by atoms with Crippen LogP contribution in [0.4, 0.5) is 5.82 Å². The van der Waals surface area contributed by atoms with Crippen LogP contribution in [0.1, 0.15) is 5.69 Å². The summed E-state index contributed by atoms with van der Waals surface area (Å²) in [4.78, 5) is 14.5. The SMILES string of the molecule is COCCNc1nc(=O)[nH]nc1C. The third-order valence-electron chi connectivity index (χ3n) is 1.47. The molecular formula is C7H12N4O2. The molecule has 0 spiro atoms. The van der Waals surface area contributed by atoms with Crippen molar-refractivity contribution in [3.63, 3.8) is 0 Å². The monoisotopic (exact) mass is 184 g/mol. The van der Waals surface area contributed by atoms with E-state index in [0.717, 1.165) is 0 Å². The summed E-state index contributed by atoms with van der Waals surface area (Å²) in [7, 11) is 1.61. The van der Waals surface area contributed by atoms with Gasteiger partial charge in [-0.3, -0.25) is 0 Å². The fraction of sp³-hybridized carbons (Fsp3) is 0.571. The molecule has 1 rings (SSSR count). The van der Waals surface area contributed by atoms with Crippen LogP contribution in [0.25, 0.3) is 0 Å². The summed E-state index contributed by atoms with van der Waals surface area (Å²) in [5.74, 6) is 0.501.